The second kappa shape index (κ2) is 7.09. The number of rotatable bonds is 5. The van der Waals surface area contributed by atoms with E-state index in [1.54, 1.807) is 0 Å². The number of aromatic nitrogens is 1. The van der Waals surface area contributed by atoms with E-state index in [0.29, 0.717) is 6.42 Å². The molecule has 116 valence electrons. The Morgan fingerprint density at radius 2 is 1.95 bits per heavy atom. The number of carboxylic acid groups (broad SMARTS) is 1. The number of pyridine rings is 1. The third-order valence-corrected chi connectivity index (χ3v) is 3.26. The van der Waals surface area contributed by atoms with Gasteiger partial charge in [-0.05, 0) is 24.0 Å². The van der Waals surface area contributed by atoms with Crippen LogP contribution in [-0.2, 0) is 4.79 Å². The first-order valence-corrected chi connectivity index (χ1v) is 7.19. The molecule has 7 heteroatoms. The van der Waals surface area contributed by atoms with Gasteiger partial charge in [0.25, 0.3) is 5.91 Å². The molecule has 0 spiro atoms. The molecule has 1 aromatic heterocycles. The van der Waals surface area contributed by atoms with E-state index in [-0.39, 0.29) is 27.8 Å². The Bertz CT molecular complexity index is 542. The maximum atomic E-state index is 12.0. The maximum absolute atomic E-state index is 12.0. The molecule has 0 aliphatic carbocycles. The van der Waals surface area contributed by atoms with Crippen molar-refractivity contribution in [2.75, 3.05) is 6.54 Å². The number of aliphatic carboxylic acids is 1. The average molecular weight is 333 g/mol. The number of nitrogens with one attached hydrogen (secondary N) is 1. The summed E-state index contributed by atoms with van der Waals surface area (Å²) < 4.78 is 0. The summed E-state index contributed by atoms with van der Waals surface area (Å²) >= 11 is 11.6. The molecule has 5 nitrogen and oxygen atoms in total. The molecule has 1 amide bonds. The van der Waals surface area contributed by atoms with Crippen LogP contribution in [0.15, 0.2) is 12.1 Å². The van der Waals surface area contributed by atoms with Crippen molar-refractivity contribution in [2.24, 2.45) is 11.3 Å². The molecule has 1 heterocycles. The van der Waals surface area contributed by atoms with Crippen LogP contribution in [0.1, 0.15) is 37.7 Å². The second-order valence-corrected chi connectivity index (χ2v) is 6.77. The molecule has 0 radical (unpaired) electrons. The Balaban J connectivity index is 2.74. The van der Waals surface area contributed by atoms with Crippen molar-refractivity contribution in [3.63, 3.8) is 0 Å². The van der Waals surface area contributed by atoms with Crippen molar-refractivity contribution in [3.05, 3.63) is 28.0 Å². The molecular weight excluding hydrogens is 315 g/mol. The number of carbonyl (C=O) groups is 2. The van der Waals surface area contributed by atoms with Gasteiger partial charge in [-0.3, -0.25) is 9.59 Å². The molecule has 1 atom stereocenters. The quantitative estimate of drug-likeness (QED) is 0.811. The monoisotopic (exact) mass is 332 g/mol. The molecule has 0 aromatic carbocycles. The van der Waals surface area contributed by atoms with Crippen molar-refractivity contribution >= 4 is 35.1 Å². The molecule has 0 aliphatic heterocycles. The van der Waals surface area contributed by atoms with Crippen molar-refractivity contribution in [1.29, 1.82) is 0 Å². The van der Waals surface area contributed by atoms with Crippen LogP contribution in [0.3, 0.4) is 0 Å². The van der Waals surface area contributed by atoms with Crippen LogP contribution in [0.4, 0.5) is 0 Å². The van der Waals surface area contributed by atoms with Gasteiger partial charge < -0.3 is 10.4 Å². The summed E-state index contributed by atoms with van der Waals surface area (Å²) in [7, 11) is 0. The zero-order valence-corrected chi connectivity index (χ0v) is 13.6. The van der Waals surface area contributed by atoms with E-state index in [9.17, 15) is 14.7 Å². The highest BCUT2D eigenvalue weighted by Crippen LogP contribution is 2.24. The fraction of sp³-hybridized carbons (Fsp3) is 0.500. The van der Waals surface area contributed by atoms with Gasteiger partial charge in [0.15, 0.2) is 0 Å². The summed E-state index contributed by atoms with van der Waals surface area (Å²) in [6.45, 7) is 5.84. The summed E-state index contributed by atoms with van der Waals surface area (Å²) in [6, 6.07) is 2.94. The number of nitrogens with zero attached hydrogens (tertiary/aromatic N) is 1. The van der Waals surface area contributed by atoms with Gasteiger partial charge in [-0.2, -0.15) is 0 Å². The predicted octanol–water partition coefficient (Wildman–Crippen LogP) is 3.26. The SMILES string of the molecule is CC(C)(C)CC(CNC(=O)c1nc(Cl)ccc1Cl)C(=O)O. The van der Waals surface area contributed by atoms with Crippen LogP contribution < -0.4 is 5.32 Å². The molecule has 1 aromatic rings. The Hall–Kier alpha value is -1.33. The van der Waals surface area contributed by atoms with Crippen molar-refractivity contribution in [2.45, 2.75) is 27.2 Å². The van der Waals surface area contributed by atoms with E-state index in [2.05, 4.69) is 10.3 Å². The van der Waals surface area contributed by atoms with Gasteiger partial charge in [-0.15, -0.1) is 0 Å². The molecule has 0 bridgehead atoms. The van der Waals surface area contributed by atoms with Gasteiger partial charge in [0.1, 0.15) is 10.8 Å². The topological polar surface area (TPSA) is 79.3 Å². The molecular formula is C14H18Cl2N2O3. The molecule has 0 aliphatic rings. The van der Waals surface area contributed by atoms with Gasteiger partial charge in [0.2, 0.25) is 0 Å². The normalized spacial score (nSPS) is 12.8. The van der Waals surface area contributed by atoms with Crippen molar-refractivity contribution in [3.8, 4) is 0 Å². The summed E-state index contributed by atoms with van der Waals surface area (Å²) in [5.41, 5.74) is -0.163. The highest BCUT2D eigenvalue weighted by Gasteiger charge is 2.25. The van der Waals surface area contributed by atoms with Crippen molar-refractivity contribution < 1.29 is 14.7 Å². The first-order valence-electron chi connectivity index (χ1n) is 6.43. The van der Waals surface area contributed by atoms with E-state index >= 15 is 0 Å². The summed E-state index contributed by atoms with van der Waals surface area (Å²) in [5.74, 6) is -2.16. The number of hydrogen-bond donors (Lipinski definition) is 2. The smallest absolute Gasteiger partial charge is 0.308 e. The van der Waals surface area contributed by atoms with Crippen LogP contribution >= 0.6 is 23.2 Å². The highest BCUT2D eigenvalue weighted by molar-refractivity contribution is 6.34. The fourth-order valence-corrected chi connectivity index (χ4v) is 2.20. The number of halogens is 2. The molecule has 21 heavy (non-hydrogen) atoms. The lowest BCUT2D eigenvalue weighted by Crippen LogP contribution is -2.35. The third kappa shape index (κ3) is 5.89. The lowest BCUT2D eigenvalue weighted by Gasteiger charge is -2.23. The summed E-state index contributed by atoms with van der Waals surface area (Å²) in [4.78, 5) is 27.1. The molecule has 2 N–H and O–H groups in total. The Kier molecular flexibility index (Phi) is 5.98. The fourth-order valence-electron chi connectivity index (χ4n) is 1.86. The van der Waals surface area contributed by atoms with E-state index in [1.807, 2.05) is 20.8 Å². The van der Waals surface area contributed by atoms with Crippen LogP contribution in [0.25, 0.3) is 0 Å². The number of amides is 1. The summed E-state index contributed by atoms with van der Waals surface area (Å²) in [5, 5.41) is 12.1. The molecule has 1 rings (SSSR count). The molecule has 0 saturated heterocycles. The Morgan fingerprint density at radius 3 is 2.48 bits per heavy atom. The van der Waals surface area contributed by atoms with Gasteiger partial charge in [-0.1, -0.05) is 44.0 Å². The zero-order valence-electron chi connectivity index (χ0n) is 12.1. The first-order chi connectivity index (χ1) is 9.60. The standard InChI is InChI=1S/C14H18Cl2N2O3/c1-14(2,3)6-8(13(20)21)7-17-12(19)11-9(15)4-5-10(16)18-11/h4-5,8H,6-7H2,1-3H3,(H,17,19)(H,20,21). The highest BCUT2D eigenvalue weighted by atomic mass is 35.5. The minimum absolute atomic E-state index is 0.00988. The van der Waals surface area contributed by atoms with E-state index in [0.717, 1.165) is 0 Å². The lowest BCUT2D eigenvalue weighted by atomic mass is 9.84. The number of carbonyl (C=O) groups excluding carboxylic acids is 1. The number of hydrogen-bond acceptors (Lipinski definition) is 3. The molecule has 0 saturated carbocycles. The van der Waals surface area contributed by atoms with Gasteiger partial charge in [0.05, 0.1) is 10.9 Å². The van der Waals surface area contributed by atoms with Crippen LogP contribution in [0.5, 0.6) is 0 Å². The van der Waals surface area contributed by atoms with Gasteiger partial charge in [-0.25, -0.2) is 4.98 Å². The third-order valence-electron chi connectivity index (χ3n) is 2.74. The Labute approximate surface area is 133 Å². The maximum Gasteiger partial charge on any atom is 0.308 e. The predicted molar refractivity (Wildman–Crippen MR) is 81.8 cm³/mol. The van der Waals surface area contributed by atoms with Crippen LogP contribution in [0, 0.1) is 11.3 Å². The minimum Gasteiger partial charge on any atom is -0.481 e. The van der Waals surface area contributed by atoms with Crippen LogP contribution in [0.2, 0.25) is 10.2 Å². The van der Waals surface area contributed by atoms with E-state index < -0.39 is 17.8 Å². The molecule has 1 unspecified atom stereocenters. The second-order valence-electron chi connectivity index (χ2n) is 5.97. The van der Waals surface area contributed by atoms with E-state index in [4.69, 9.17) is 23.2 Å². The van der Waals surface area contributed by atoms with Gasteiger partial charge in [0, 0.05) is 6.54 Å². The molecule has 0 fully saturated rings. The van der Waals surface area contributed by atoms with E-state index in [1.165, 1.54) is 12.1 Å². The minimum atomic E-state index is -0.949. The largest absolute Gasteiger partial charge is 0.481 e. The lowest BCUT2D eigenvalue weighted by molar-refractivity contribution is -0.142. The number of carboxylic acids is 1. The first kappa shape index (κ1) is 17.7. The summed E-state index contributed by atoms with van der Waals surface area (Å²) in [6.07, 6.45) is 0.444. The van der Waals surface area contributed by atoms with Crippen molar-refractivity contribution in [1.82, 2.24) is 10.3 Å². The van der Waals surface area contributed by atoms with Gasteiger partial charge >= 0.3 is 5.97 Å². The zero-order chi connectivity index (χ0) is 16.2. The Morgan fingerprint density at radius 1 is 1.33 bits per heavy atom. The van der Waals surface area contributed by atoms with Crippen LogP contribution in [-0.4, -0.2) is 28.5 Å². The average Bonchev–Trinajstić information content (AvgIpc) is 2.35.